The quantitative estimate of drug-likeness (QED) is 0.787. The summed E-state index contributed by atoms with van der Waals surface area (Å²) in [4.78, 5) is 12.0. The Kier molecular flexibility index (Phi) is 5.39. The second-order valence-corrected chi connectivity index (χ2v) is 7.56. The molecule has 0 spiro atoms. The van der Waals surface area contributed by atoms with Crippen molar-refractivity contribution in [3.8, 4) is 6.07 Å². The van der Waals surface area contributed by atoms with Gasteiger partial charge in [-0.25, -0.2) is 13.2 Å². The highest BCUT2D eigenvalue weighted by Gasteiger charge is 2.31. The number of carbonyl (C=O) groups is 1. The summed E-state index contributed by atoms with van der Waals surface area (Å²) in [6.45, 7) is 3.83. The van der Waals surface area contributed by atoms with Crippen molar-refractivity contribution in [2.24, 2.45) is 0 Å². The van der Waals surface area contributed by atoms with Gasteiger partial charge < -0.3 is 4.74 Å². The maximum absolute atomic E-state index is 12.8. The highest BCUT2D eigenvalue weighted by atomic mass is 32.2. The standard InChI is InChI=1S/C16H20N2O4S/c1-12-6-3-4-9-18(12)23(20,21)15-8-5-7-14(10-15)16(19)22-13(2)11-17/h5,7-8,10,12-13H,3-4,6,9H2,1-2H3/t12-,13+/m1/s1. The maximum Gasteiger partial charge on any atom is 0.339 e. The van der Waals surface area contributed by atoms with Crippen LogP contribution in [-0.2, 0) is 14.8 Å². The van der Waals surface area contributed by atoms with E-state index < -0.39 is 22.1 Å². The summed E-state index contributed by atoms with van der Waals surface area (Å²) in [6, 6.07) is 7.51. The molecule has 6 nitrogen and oxygen atoms in total. The molecule has 0 N–H and O–H groups in total. The Labute approximate surface area is 136 Å². The van der Waals surface area contributed by atoms with Crippen LogP contribution in [0.5, 0.6) is 0 Å². The molecule has 1 aliphatic heterocycles. The van der Waals surface area contributed by atoms with Gasteiger partial charge in [0.05, 0.1) is 10.5 Å². The Morgan fingerprint density at radius 1 is 1.43 bits per heavy atom. The molecule has 1 aromatic rings. The molecule has 1 aromatic carbocycles. The number of rotatable bonds is 4. The van der Waals surface area contributed by atoms with E-state index in [-0.39, 0.29) is 16.5 Å². The fourth-order valence-electron chi connectivity index (χ4n) is 2.60. The molecule has 1 heterocycles. The predicted molar refractivity (Wildman–Crippen MR) is 84.1 cm³/mol. The first-order valence-electron chi connectivity index (χ1n) is 7.59. The van der Waals surface area contributed by atoms with E-state index in [1.54, 1.807) is 6.07 Å². The molecule has 2 atom stereocenters. The zero-order valence-electron chi connectivity index (χ0n) is 13.2. The SMILES string of the molecule is C[C@@H]1CCCCN1S(=O)(=O)c1cccc(C(=O)O[C@@H](C)C#N)c1. The molecule has 0 unspecified atom stereocenters. The monoisotopic (exact) mass is 336 g/mol. The summed E-state index contributed by atoms with van der Waals surface area (Å²) in [5, 5.41) is 8.68. The molecule has 0 saturated carbocycles. The van der Waals surface area contributed by atoms with Crippen molar-refractivity contribution in [1.82, 2.24) is 4.31 Å². The zero-order valence-corrected chi connectivity index (χ0v) is 14.0. The summed E-state index contributed by atoms with van der Waals surface area (Å²) in [5.41, 5.74) is 0.123. The minimum Gasteiger partial charge on any atom is -0.444 e. The van der Waals surface area contributed by atoms with E-state index >= 15 is 0 Å². The van der Waals surface area contributed by atoms with Crippen molar-refractivity contribution >= 4 is 16.0 Å². The van der Waals surface area contributed by atoms with E-state index in [0.29, 0.717) is 6.54 Å². The second-order valence-electron chi connectivity index (χ2n) is 5.67. The molecule has 0 aromatic heterocycles. The Hall–Kier alpha value is -1.91. The smallest absolute Gasteiger partial charge is 0.339 e. The number of esters is 1. The first kappa shape index (κ1) is 17.4. The van der Waals surface area contributed by atoms with E-state index in [4.69, 9.17) is 10.00 Å². The van der Waals surface area contributed by atoms with Gasteiger partial charge in [-0.05, 0) is 44.9 Å². The van der Waals surface area contributed by atoms with Crippen LogP contribution in [-0.4, -0.2) is 37.4 Å². The van der Waals surface area contributed by atoms with Crippen LogP contribution in [0.3, 0.4) is 0 Å². The number of nitriles is 1. The Morgan fingerprint density at radius 2 is 2.17 bits per heavy atom. The Bertz CT molecular complexity index is 724. The maximum atomic E-state index is 12.8. The lowest BCUT2D eigenvalue weighted by atomic mass is 10.1. The summed E-state index contributed by atoms with van der Waals surface area (Å²) >= 11 is 0. The molecule has 1 aliphatic rings. The zero-order chi connectivity index (χ0) is 17.0. The lowest BCUT2D eigenvalue weighted by Gasteiger charge is -2.32. The second kappa shape index (κ2) is 7.11. The summed E-state index contributed by atoms with van der Waals surface area (Å²) < 4.78 is 31.9. The van der Waals surface area contributed by atoms with Crippen molar-refractivity contribution in [2.75, 3.05) is 6.54 Å². The third-order valence-electron chi connectivity index (χ3n) is 3.88. The topological polar surface area (TPSA) is 87.5 Å². The summed E-state index contributed by atoms with van der Waals surface area (Å²) in [6.07, 6.45) is 1.81. The van der Waals surface area contributed by atoms with Gasteiger partial charge in [-0.15, -0.1) is 0 Å². The fraction of sp³-hybridized carbons (Fsp3) is 0.500. The minimum absolute atomic E-state index is 0.0528. The molecule has 0 radical (unpaired) electrons. The van der Waals surface area contributed by atoms with E-state index in [9.17, 15) is 13.2 Å². The van der Waals surface area contributed by atoms with Crippen LogP contribution in [0.2, 0.25) is 0 Å². The third-order valence-corrected chi connectivity index (χ3v) is 5.89. The molecule has 2 rings (SSSR count). The van der Waals surface area contributed by atoms with Gasteiger partial charge in [0.2, 0.25) is 10.0 Å². The fourth-order valence-corrected chi connectivity index (χ4v) is 4.35. The van der Waals surface area contributed by atoms with Gasteiger partial charge in [0.1, 0.15) is 6.07 Å². The van der Waals surface area contributed by atoms with Gasteiger partial charge in [0.25, 0.3) is 0 Å². The number of hydrogen-bond acceptors (Lipinski definition) is 5. The molecule has 124 valence electrons. The van der Waals surface area contributed by atoms with Crippen molar-refractivity contribution < 1.29 is 17.9 Å². The van der Waals surface area contributed by atoms with Gasteiger partial charge in [0.15, 0.2) is 6.10 Å². The van der Waals surface area contributed by atoms with Crippen molar-refractivity contribution in [3.63, 3.8) is 0 Å². The number of piperidine rings is 1. The van der Waals surface area contributed by atoms with Crippen LogP contribution in [0.1, 0.15) is 43.5 Å². The number of ether oxygens (including phenoxy) is 1. The number of hydrogen-bond donors (Lipinski definition) is 0. The van der Waals surface area contributed by atoms with Crippen LogP contribution in [0, 0.1) is 11.3 Å². The van der Waals surface area contributed by atoms with Crippen LogP contribution >= 0.6 is 0 Å². The van der Waals surface area contributed by atoms with Crippen LogP contribution in [0.4, 0.5) is 0 Å². The average molecular weight is 336 g/mol. The van der Waals surface area contributed by atoms with Gasteiger partial charge in [-0.3, -0.25) is 0 Å². The van der Waals surface area contributed by atoms with Crippen LogP contribution < -0.4 is 0 Å². The van der Waals surface area contributed by atoms with Crippen LogP contribution in [0.15, 0.2) is 29.2 Å². The molecule has 23 heavy (non-hydrogen) atoms. The van der Waals surface area contributed by atoms with E-state index in [2.05, 4.69) is 0 Å². The Morgan fingerprint density at radius 3 is 2.83 bits per heavy atom. The molecule has 7 heteroatoms. The van der Waals surface area contributed by atoms with E-state index in [1.165, 1.54) is 35.5 Å². The highest BCUT2D eigenvalue weighted by molar-refractivity contribution is 7.89. The molecule has 0 bridgehead atoms. The van der Waals surface area contributed by atoms with Gasteiger partial charge in [0, 0.05) is 12.6 Å². The van der Waals surface area contributed by atoms with Gasteiger partial charge >= 0.3 is 5.97 Å². The number of benzene rings is 1. The lowest BCUT2D eigenvalue weighted by molar-refractivity contribution is 0.0435. The first-order valence-corrected chi connectivity index (χ1v) is 9.03. The molecule has 1 saturated heterocycles. The minimum atomic E-state index is -3.64. The average Bonchev–Trinajstić information content (AvgIpc) is 2.55. The molecule has 0 aliphatic carbocycles. The Balaban J connectivity index is 2.28. The summed E-state index contributed by atoms with van der Waals surface area (Å²) in [7, 11) is -3.64. The molecular formula is C16H20N2O4S. The number of carbonyl (C=O) groups excluding carboxylic acids is 1. The van der Waals surface area contributed by atoms with E-state index in [1.807, 2.05) is 6.92 Å². The largest absolute Gasteiger partial charge is 0.444 e. The van der Waals surface area contributed by atoms with Gasteiger partial charge in [-0.1, -0.05) is 12.5 Å². The van der Waals surface area contributed by atoms with Crippen LogP contribution in [0.25, 0.3) is 0 Å². The summed E-state index contributed by atoms with van der Waals surface area (Å²) in [5.74, 6) is -0.706. The molecular weight excluding hydrogens is 316 g/mol. The molecule has 1 fully saturated rings. The molecule has 0 amide bonds. The first-order chi connectivity index (χ1) is 10.9. The van der Waals surface area contributed by atoms with Gasteiger partial charge in [-0.2, -0.15) is 9.57 Å². The van der Waals surface area contributed by atoms with Crippen molar-refractivity contribution in [1.29, 1.82) is 5.26 Å². The van der Waals surface area contributed by atoms with E-state index in [0.717, 1.165) is 19.3 Å². The van der Waals surface area contributed by atoms with Crippen molar-refractivity contribution in [2.45, 2.75) is 50.2 Å². The lowest BCUT2D eigenvalue weighted by Crippen LogP contribution is -2.41. The van der Waals surface area contributed by atoms with Crippen molar-refractivity contribution in [3.05, 3.63) is 29.8 Å². The number of sulfonamides is 1. The number of nitrogens with zero attached hydrogens (tertiary/aromatic N) is 2. The third kappa shape index (κ3) is 3.89. The predicted octanol–water partition coefficient (Wildman–Crippen LogP) is 2.32. The normalized spacial score (nSPS) is 20.5. The highest BCUT2D eigenvalue weighted by Crippen LogP contribution is 2.25.